The third kappa shape index (κ3) is 3.98. The molecule has 4 aromatic rings. The van der Waals surface area contributed by atoms with E-state index in [0.717, 1.165) is 32.3 Å². The summed E-state index contributed by atoms with van der Waals surface area (Å²) >= 11 is 3.65. The number of pyridine rings is 1. The molecular formula is C23H22BrN5O2. The molecule has 2 aromatic carbocycles. The molecule has 31 heavy (non-hydrogen) atoms. The van der Waals surface area contributed by atoms with E-state index in [1.54, 1.807) is 16.8 Å². The molecule has 0 aliphatic carbocycles. The first kappa shape index (κ1) is 20.9. The van der Waals surface area contributed by atoms with Crippen LogP contribution in [0.3, 0.4) is 0 Å². The number of hydrogen-bond donors (Lipinski definition) is 2. The number of anilines is 2. The molecule has 0 fully saturated rings. The maximum absolute atomic E-state index is 12.2. The van der Waals surface area contributed by atoms with Gasteiger partial charge in [-0.2, -0.15) is 5.10 Å². The number of methoxy groups -OCH3 is 1. The van der Waals surface area contributed by atoms with Crippen molar-refractivity contribution in [2.45, 2.75) is 20.4 Å². The van der Waals surface area contributed by atoms with Crippen LogP contribution in [-0.4, -0.2) is 27.8 Å². The van der Waals surface area contributed by atoms with Crippen molar-refractivity contribution in [2.75, 3.05) is 18.2 Å². The molecule has 0 aliphatic heterocycles. The summed E-state index contributed by atoms with van der Waals surface area (Å²) < 4.78 is 7.37. The van der Waals surface area contributed by atoms with Gasteiger partial charge in [-0.05, 0) is 71.2 Å². The van der Waals surface area contributed by atoms with Gasteiger partial charge in [-0.3, -0.25) is 0 Å². The quantitative estimate of drug-likeness (QED) is 0.400. The molecule has 2 aromatic heterocycles. The Kier molecular flexibility index (Phi) is 5.65. The molecule has 4 rings (SSSR count). The first-order chi connectivity index (χ1) is 14.9. The summed E-state index contributed by atoms with van der Waals surface area (Å²) in [4.78, 5) is 16.7. The highest BCUT2D eigenvalue weighted by molar-refractivity contribution is 9.10. The number of esters is 1. The van der Waals surface area contributed by atoms with Gasteiger partial charge in [-0.25, -0.2) is 14.5 Å². The summed E-state index contributed by atoms with van der Waals surface area (Å²) in [6.45, 7) is 4.48. The molecule has 0 saturated heterocycles. The fourth-order valence-corrected chi connectivity index (χ4v) is 4.07. The van der Waals surface area contributed by atoms with Gasteiger partial charge in [0.2, 0.25) is 0 Å². The van der Waals surface area contributed by atoms with Crippen molar-refractivity contribution in [1.82, 2.24) is 14.8 Å². The van der Waals surface area contributed by atoms with Crippen molar-refractivity contribution in [3.8, 4) is 5.69 Å². The number of aryl methyl sites for hydroxylation is 2. The van der Waals surface area contributed by atoms with Crippen molar-refractivity contribution in [1.29, 1.82) is 0 Å². The van der Waals surface area contributed by atoms with Gasteiger partial charge in [0.15, 0.2) is 0 Å². The number of nitrogens with zero attached hydrogens (tertiary/aromatic N) is 3. The number of nitrogens with two attached hydrogens (primary N) is 1. The second kappa shape index (κ2) is 8.39. The number of nitrogen functional groups attached to an aromatic ring is 1. The van der Waals surface area contributed by atoms with Crippen LogP contribution in [0, 0.1) is 13.8 Å². The molecule has 3 N–H and O–H groups in total. The minimum absolute atomic E-state index is 0.412. The van der Waals surface area contributed by atoms with Crippen molar-refractivity contribution in [3.63, 3.8) is 0 Å². The Balaban J connectivity index is 1.68. The largest absolute Gasteiger partial charge is 0.465 e. The molecule has 7 nitrogen and oxygen atoms in total. The Hall–Kier alpha value is -3.39. The Morgan fingerprint density at radius 3 is 2.74 bits per heavy atom. The van der Waals surface area contributed by atoms with Gasteiger partial charge in [0.05, 0.1) is 29.6 Å². The fraction of sp³-hybridized carbons (Fsp3) is 0.174. The number of aromatic nitrogens is 3. The van der Waals surface area contributed by atoms with E-state index in [9.17, 15) is 4.79 Å². The van der Waals surface area contributed by atoms with Crippen molar-refractivity contribution >= 4 is 44.3 Å². The number of benzene rings is 2. The molecule has 0 radical (unpaired) electrons. The van der Waals surface area contributed by atoms with Gasteiger partial charge in [0.1, 0.15) is 10.4 Å². The highest BCUT2D eigenvalue weighted by atomic mass is 79.9. The van der Waals surface area contributed by atoms with Crippen LogP contribution in [0.15, 0.2) is 53.1 Å². The topological polar surface area (TPSA) is 95.1 Å². The van der Waals surface area contributed by atoms with Crippen LogP contribution in [-0.2, 0) is 11.3 Å². The Labute approximate surface area is 188 Å². The van der Waals surface area contributed by atoms with Crippen LogP contribution in [0.1, 0.15) is 27.2 Å². The number of rotatable bonds is 5. The lowest BCUT2D eigenvalue weighted by Gasteiger charge is -2.11. The normalized spacial score (nSPS) is 11.0. The van der Waals surface area contributed by atoms with Crippen LogP contribution in [0.2, 0.25) is 0 Å². The number of ether oxygens (including phenoxy) is 1. The average Bonchev–Trinajstić information content (AvgIpc) is 3.10. The van der Waals surface area contributed by atoms with Gasteiger partial charge in [0.25, 0.3) is 0 Å². The van der Waals surface area contributed by atoms with Crippen LogP contribution < -0.4 is 11.1 Å². The van der Waals surface area contributed by atoms with E-state index < -0.39 is 5.97 Å². The first-order valence-corrected chi connectivity index (χ1v) is 10.5. The summed E-state index contributed by atoms with van der Waals surface area (Å²) in [7, 11) is 1.37. The summed E-state index contributed by atoms with van der Waals surface area (Å²) in [5.41, 5.74) is 11.7. The van der Waals surface area contributed by atoms with Gasteiger partial charge < -0.3 is 15.8 Å². The van der Waals surface area contributed by atoms with E-state index in [1.165, 1.54) is 7.11 Å². The lowest BCUT2D eigenvalue weighted by Crippen LogP contribution is -2.08. The maximum atomic E-state index is 12.2. The van der Waals surface area contributed by atoms with Gasteiger partial charge in [-0.15, -0.1) is 0 Å². The number of carbonyl (C=O) groups is 1. The predicted octanol–water partition coefficient (Wildman–Crippen LogP) is 4.78. The monoisotopic (exact) mass is 479 g/mol. The first-order valence-electron chi connectivity index (χ1n) is 9.71. The number of carbonyl (C=O) groups excluding carboxylic acids is 1. The predicted molar refractivity (Wildman–Crippen MR) is 126 cm³/mol. The molecular weight excluding hydrogens is 458 g/mol. The third-order valence-electron chi connectivity index (χ3n) is 5.07. The molecule has 0 saturated carbocycles. The molecule has 0 spiro atoms. The van der Waals surface area contributed by atoms with E-state index in [2.05, 4.69) is 37.4 Å². The summed E-state index contributed by atoms with van der Waals surface area (Å²) in [6, 6.07) is 15.2. The SMILES string of the molecule is COC(=O)c1ccccc1-n1nc2ccc(CNc3nc(C)cc(C)c3N)cc2c1Br. The molecule has 0 bridgehead atoms. The van der Waals surface area contributed by atoms with Crippen LogP contribution >= 0.6 is 15.9 Å². The summed E-state index contributed by atoms with van der Waals surface area (Å²) in [5.74, 6) is 0.268. The number of fused-ring (bicyclic) bond motifs is 1. The van der Waals surface area contributed by atoms with Gasteiger partial charge in [-0.1, -0.05) is 18.2 Å². The number of hydrogen-bond acceptors (Lipinski definition) is 6. The molecule has 8 heteroatoms. The fourth-order valence-electron chi connectivity index (χ4n) is 3.48. The molecule has 0 amide bonds. The molecule has 2 heterocycles. The number of halogens is 1. The smallest absolute Gasteiger partial charge is 0.340 e. The van der Waals surface area contributed by atoms with Gasteiger partial charge >= 0.3 is 5.97 Å². The van der Waals surface area contributed by atoms with E-state index in [4.69, 9.17) is 10.5 Å². The zero-order valence-electron chi connectivity index (χ0n) is 17.4. The average molecular weight is 480 g/mol. The second-order valence-electron chi connectivity index (χ2n) is 7.26. The Morgan fingerprint density at radius 2 is 1.97 bits per heavy atom. The number of nitrogens with one attached hydrogen (secondary N) is 1. The van der Waals surface area contributed by atoms with Crippen LogP contribution in [0.4, 0.5) is 11.5 Å². The minimum atomic E-state index is -0.412. The van der Waals surface area contributed by atoms with E-state index in [-0.39, 0.29) is 0 Å². The zero-order chi connectivity index (χ0) is 22.1. The van der Waals surface area contributed by atoms with Crippen molar-refractivity contribution < 1.29 is 9.53 Å². The van der Waals surface area contributed by atoms with E-state index >= 15 is 0 Å². The van der Waals surface area contributed by atoms with Crippen LogP contribution in [0.25, 0.3) is 16.6 Å². The molecule has 0 unspecified atom stereocenters. The van der Waals surface area contributed by atoms with Gasteiger partial charge in [0, 0.05) is 17.6 Å². The maximum Gasteiger partial charge on any atom is 0.340 e. The van der Waals surface area contributed by atoms with Crippen LogP contribution in [0.5, 0.6) is 0 Å². The zero-order valence-corrected chi connectivity index (χ0v) is 19.0. The third-order valence-corrected chi connectivity index (χ3v) is 5.83. The second-order valence-corrected chi connectivity index (χ2v) is 8.01. The lowest BCUT2D eigenvalue weighted by atomic mass is 10.1. The highest BCUT2D eigenvalue weighted by Gasteiger charge is 2.17. The Morgan fingerprint density at radius 1 is 1.19 bits per heavy atom. The van der Waals surface area contributed by atoms with E-state index in [1.807, 2.05) is 44.2 Å². The highest BCUT2D eigenvalue weighted by Crippen LogP contribution is 2.30. The molecule has 0 atom stereocenters. The Bertz CT molecular complexity index is 1300. The molecule has 0 aliphatic rings. The summed E-state index contributed by atoms with van der Waals surface area (Å²) in [5, 5.41) is 8.92. The lowest BCUT2D eigenvalue weighted by molar-refractivity contribution is 0.0600. The van der Waals surface area contributed by atoms with Crippen molar-refractivity contribution in [2.24, 2.45) is 0 Å². The van der Waals surface area contributed by atoms with E-state index in [0.29, 0.717) is 29.3 Å². The van der Waals surface area contributed by atoms with Crippen molar-refractivity contribution in [3.05, 3.63) is 75.5 Å². The summed E-state index contributed by atoms with van der Waals surface area (Å²) in [6.07, 6.45) is 0. The minimum Gasteiger partial charge on any atom is -0.465 e. The number of para-hydroxylation sites is 1. The molecule has 158 valence electrons. The standard InChI is InChI=1S/C23H22BrN5O2/c1-13-10-14(2)27-22(20(13)25)26-12-15-8-9-18-17(11-15)21(24)29(28-18)19-7-5-4-6-16(19)23(30)31-3/h4-11H,12,25H2,1-3H3,(H,26,27).